The molecule has 0 bridgehead atoms. The minimum atomic E-state index is -4.92. The smallest absolute Gasteiger partial charge is 0.336 e. The van der Waals surface area contributed by atoms with E-state index < -0.39 is 62.4 Å². The van der Waals surface area contributed by atoms with Crippen LogP contribution in [0.5, 0.6) is 0 Å². The molecule has 0 radical (unpaired) electrons. The summed E-state index contributed by atoms with van der Waals surface area (Å²) >= 11 is 0. The first-order valence-corrected chi connectivity index (χ1v) is 11.7. The molecule has 0 saturated heterocycles. The van der Waals surface area contributed by atoms with E-state index in [0.717, 1.165) is 24.3 Å². The van der Waals surface area contributed by atoms with E-state index in [-0.39, 0.29) is 0 Å². The van der Waals surface area contributed by atoms with Gasteiger partial charge in [0.1, 0.15) is 23.4 Å². The number of pyridine rings is 1. The maximum absolute atomic E-state index is 13.8. The summed E-state index contributed by atoms with van der Waals surface area (Å²) in [5, 5.41) is 13.6. The maximum atomic E-state index is 13.8. The van der Waals surface area contributed by atoms with Crippen molar-refractivity contribution in [1.82, 2.24) is 15.6 Å². The molecule has 2 N–H and O–H groups in total. The molecule has 176 valence electrons. The lowest BCUT2D eigenvalue weighted by Gasteiger charge is -2.28. The zero-order valence-corrected chi connectivity index (χ0v) is 18.0. The van der Waals surface area contributed by atoms with Gasteiger partial charge in [-0.25, -0.2) is 12.8 Å². The second-order valence-electron chi connectivity index (χ2n) is 7.84. The lowest BCUT2D eigenvalue weighted by Crippen LogP contribution is -2.54. The molecule has 1 amide bonds. The number of hydrogen-bond acceptors (Lipinski definition) is 6. The second kappa shape index (κ2) is 9.44. The van der Waals surface area contributed by atoms with E-state index in [4.69, 9.17) is 0 Å². The number of amides is 1. The van der Waals surface area contributed by atoms with Crippen LogP contribution in [0.3, 0.4) is 0 Å². The van der Waals surface area contributed by atoms with E-state index in [1.165, 1.54) is 24.5 Å². The highest BCUT2D eigenvalue weighted by molar-refractivity contribution is 7.90. The SMILES string of the molecule is N#CC1(NC(=O)C(CS(=O)(=O)Cc2cccnc2)NC(c2ccc(F)cc2)C(F)(F)F)CC1. The first kappa shape index (κ1) is 24.6. The van der Waals surface area contributed by atoms with Crippen LogP contribution in [0.15, 0.2) is 48.8 Å². The molecule has 0 aliphatic heterocycles. The van der Waals surface area contributed by atoms with Crippen LogP contribution in [0, 0.1) is 17.1 Å². The van der Waals surface area contributed by atoms with Crippen LogP contribution < -0.4 is 10.6 Å². The number of carbonyl (C=O) groups is 1. The summed E-state index contributed by atoms with van der Waals surface area (Å²) in [7, 11) is -4.07. The van der Waals surface area contributed by atoms with Crippen molar-refractivity contribution in [1.29, 1.82) is 5.26 Å². The number of carbonyl (C=O) groups excluding carboxylic acids is 1. The van der Waals surface area contributed by atoms with E-state index in [2.05, 4.69) is 15.6 Å². The Morgan fingerprint density at radius 2 is 1.88 bits per heavy atom. The number of benzene rings is 1. The minimum absolute atomic E-state index is 0.304. The lowest BCUT2D eigenvalue weighted by atomic mass is 10.0. The van der Waals surface area contributed by atoms with Gasteiger partial charge >= 0.3 is 6.18 Å². The Bertz CT molecular complexity index is 1130. The average molecular weight is 484 g/mol. The molecule has 7 nitrogen and oxygen atoms in total. The van der Waals surface area contributed by atoms with Crippen molar-refractivity contribution in [3.63, 3.8) is 0 Å². The molecule has 1 heterocycles. The first-order valence-electron chi connectivity index (χ1n) is 9.84. The molecule has 3 rings (SSSR count). The van der Waals surface area contributed by atoms with E-state index in [1.807, 2.05) is 6.07 Å². The summed E-state index contributed by atoms with van der Waals surface area (Å²) in [6.45, 7) is 0. The number of nitrogens with one attached hydrogen (secondary N) is 2. The van der Waals surface area contributed by atoms with Gasteiger partial charge in [-0.1, -0.05) is 18.2 Å². The maximum Gasteiger partial charge on any atom is 0.407 e. The first-order chi connectivity index (χ1) is 15.4. The third-order valence-electron chi connectivity index (χ3n) is 5.07. The third-order valence-corrected chi connectivity index (χ3v) is 6.69. The number of nitriles is 1. The zero-order valence-electron chi connectivity index (χ0n) is 17.1. The van der Waals surface area contributed by atoms with E-state index in [0.29, 0.717) is 18.4 Å². The summed E-state index contributed by atoms with van der Waals surface area (Å²) in [4.78, 5) is 16.6. The van der Waals surface area contributed by atoms with Gasteiger partial charge in [0.2, 0.25) is 5.91 Å². The van der Waals surface area contributed by atoms with Crippen LogP contribution in [0.2, 0.25) is 0 Å². The van der Waals surface area contributed by atoms with Gasteiger partial charge in [0, 0.05) is 12.4 Å². The molecule has 1 aliphatic carbocycles. The zero-order chi connectivity index (χ0) is 24.3. The summed E-state index contributed by atoms with van der Waals surface area (Å²) in [5.41, 5.74) is -1.31. The van der Waals surface area contributed by atoms with Crippen LogP contribution in [0.4, 0.5) is 17.6 Å². The van der Waals surface area contributed by atoms with Gasteiger partial charge in [0.25, 0.3) is 0 Å². The molecule has 2 unspecified atom stereocenters. The number of sulfone groups is 1. The van der Waals surface area contributed by atoms with Crippen LogP contribution in [0.25, 0.3) is 0 Å². The molecule has 2 aromatic rings. The van der Waals surface area contributed by atoms with Gasteiger partial charge in [0.15, 0.2) is 9.84 Å². The average Bonchev–Trinajstić information content (AvgIpc) is 3.51. The molecule has 12 heteroatoms. The highest BCUT2D eigenvalue weighted by Crippen LogP contribution is 2.35. The van der Waals surface area contributed by atoms with Crippen LogP contribution in [-0.2, 0) is 20.4 Å². The molecule has 2 atom stereocenters. The van der Waals surface area contributed by atoms with Crippen molar-refractivity contribution in [3.8, 4) is 6.07 Å². The predicted octanol–water partition coefficient (Wildman–Crippen LogP) is 2.57. The Kier molecular flexibility index (Phi) is 7.04. The fraction of sp³-hybridized carbons (Fsp3) is 0.381. The molecule has 1 aliphatic rings. The van der Waals surface area contributed by atoms with Crippen molar-refractivity contribution < 1.29 is 30.8 Å². The number of hydrogen-bond donors (Lipinski definition) is 2. The summed E-state index contributed by atoms with van der Waals surface area (Å²) in [6, 6.07) is 4.07. The number of aromatic nitrogens is 1. The fourth-order valence-electron chi connectivity index (χ4n) is 3.20. The predicted molar refractivity (Wildman–Crippen MR) is 110 cm³/mol. The Morgan fingerprint density at radius 3 is 2.39 bits per heavy atom. The molecule has 33 heavy (non-hydrogen) atoms. The number of nitrogens with zero attached hydrogens (tertiary/aromatic N) is 2. The Balaban J connectivity index is 1.89. The van der Waals surface area contributed by atoms with Crippen molar-refractivity contribution in [2.24, 2.45) is 0 Å². The lowest BCUT2D eigenvalue weighted by molar-refractivity contribution is -0.160. The second-order valence-corrected chi connectivity index (χ2v) is 9.95. The monoisotopic (exact) mass is 484 g/mol. The van der Waals surface area contributed by atoms with Crippen LogP contribution in [-0.4, -0.2) is 42.8 Å². The number of alkyl halides is 3. The quantitative estimate of drug-likeness (QED) is 0.529. The summed E-state index contributed by atoms with van der Waals surface area (Å²) in [5.74, 6) is -3.29. The van der Waals surface area contributed by atoms with Gasteiger partial charge in [-0.05, 0) is 42.2 Å². The Morgan fingerprint density at radius 1 is 1.21 bits per heavy atom. The highest BCUT2D eigenvalue weighted by Gasteiger charge is 2.48. The van der Waals surface area contributed by atoms with Crippen LogP contribution in [0.1, 0.15) is 30.0 Å². The van der Waals surface area contributed by atoms with E-state index in [1.54, 1.807) is 0 Å². The fourth-order valence-corrected chi connectivity index (χ4v) is 4.75. The van der Waals surface area contributed by atoms with Crippen molar-refractivity contribution in [2.45, 2.75) is 42.4 Å². The normalized spacial score (nSPS) is 16.9. The van der Waals surface area contributed by atoms with Gasteiger partial charge in [-0.15, -0.1) is 0 Å². The van der Waals surface area contributed by atoms with E-state index >= 15 is 0 Å². The van der Waals surface area contributed by atoms with E-state index in [9.17, 15) is 36.0 Å². The molecule has 1 saturated carbocycles. The van der Waals surface area contributed by atoms with Gasteiger partial charge in [-0.3, -0.25) is 15.1 Å². The van der Waals surface area contributed by atoms with Crippen molar-refractivity contribution >= 4 is 15.7 Å². The van der Waals surface area contributed by atoms with Crippen LogP contribution >= 0.6 is 0 Å². The highest BCUT2D eigenvalue weighted by atomic mass is 32.2. The molecular weight excluding hydrogens is 464 g/mol. The number of halogens is 4. The standard InChI is InChI=1S/C21H20F4N4O3S/c22-16-5-3-15(4-6-16)18(21(23,24)25)28-17(19(30)29-20(13-26)7-8-20)12-33(31,32)11-14-2-1-9-27-10-14/h1-6,9-10,17-18,28H,7-8,11-12H2,(H,29,30). The molecule has 1 fully saturated rings. The van der Waals surface area contributed by atoms with Gasteiger partial charge < -0.3 is 5.32 Å². The van der Waals surface area contributed by atoms with Crippen molar-refractivity contribution in [2.75, 3.05) is 5.75 Å². The Labute approximate surface area is 187 Å². The summed E-state index contributed by atoms with van der Waals surface area (Å²) in [6.07, 6.45) is -1.57. The molecule has 1 aromatic carbocycles. The number of rotatable bonds is 9. The van der Waals surface area contributed by atoms with Gasteiger partial charge in [-0.2, -0.15) is 18.4 Å². The topological polar surface area (TPSA) is 112 Å². The third kappa shape index (κ3) is 6.72. The Hall–Kier alpha value is -3.04. The van der Waals surface area contributed by atoms with Gasteiger partial charge in [0.05, 0.1) is 17.6 Å². The molecule has 1 aromatic heterocycles. The largest absolute Gasteiger partial charge is 0.407 e. The minimum Gasteiger partial charge on any atom is -0.336 e. The van der Waals surface area contributed by atoms with Crippen molar-refractivity contribution in [3.05, 3.63) is 65.7 Å². The molecule has 0 spiro atoms. The summed E-state index contributed by atoms with van der Waals surface area (Å²) < 4.78 is 80.2. The molecular formula is C21H20F4N4O3S.